The predicted molar refractivity (Wildman–Crippen MR) is 91.6 cm³/mol. The molecule has 0 aromatic heterocycles. The third kappa shape index (κ3) is 8.60. The van der Waals surface area contributed by atoms with Crippen LogP contribution in [0.5, 0.6) is 0 Å². The van der Waals surface area contributed by atoms with Crippen LogP contribution >= 0.6 is 0 Å². The maximum Gasteiger partial charge on any atom is 0.0743 e. The summed E-state index contributed by atoms with van der Waals surface area (Å²) >= 11 is 0. The number of nitrogens with one attached hydrogen (secondary N) is 1. The highest BCUT2D eigenvalue weighted by molar-refractivity contribution is 4.95. The monoisotopic (exact) mass is 296 g/mol. The van der Waals surface area contributed by atoms with Gasteiger partial charge in [0.1, 0.15) is 0 Å². The van der Waals surface area contributed by atoms with Gasteiger partial charge in [-0.3, -0.25) is 4.90 Å². The lowest BCUT2D eigenvalue weighted by molar-refractivity contribution is 0.0398. The Morgan fingerprint density at radius 2 is 1.95 bits per heavy atom. The Morgan fingerprint density at radius 1 is 1.33 bits per heavy atom. The largest absolute Gasteiger partial charge is 0.389 e. The number of hydrogen-bond donors (Lipinski definition) is 2. The summed E-state index contributed by atoms with van der Waals surface area (Å²) < 4.78 is 0. The molecule has 1 aliphatic heterocycles. The third-order valence-corrected chi connectivity index (χ3v) is 4.38. The average molecular weight is 296 g/mol. The molecule has 21 heavy (non-hydrogen) atoms. The molecule has 2 N–H and O–H groups in total. The Balaban J connectivity index is 2.22. The zero-order valence-electron chi connectivity index (χ0n) is 14.8. The van der Waals surface area contributed by atoms with E-state index in [4.69, 9.17) is 0 Å². The Labute approximate surface area is 131 Å². The van der Waals surface area contributed by atoms with Gasteiger partial charge in [0, 0.05) is 19.1 Å². The van der Waals surface area contributed by atoms with Crippen molar-refractivity contribution in [1.82, 2.24) is 10.2 Å². The molecule has 1 unspecified atom stereocenters. The summed E-state index contributed by atoms with van der Waals surface area (Å²) in [4.78, 5) is 2.52. The zero-order valence-corrected chi connectivity index (χ0v) is 14.8. The van der Waals surface area contributed by atoms with Gasteiger partial charge in [0.15, 0.2) is 0 Å². The molecule has 124 valence electrons. The highest BCUT2D eigenvalue weighted by atomic mass is 16.3. The summed E-state index contributed by atoms with van der Waals surface area (Å²) in [5.74, 6) is 0.662. The van der Waals surface area contributed by atoms with Crippen LogP contribution in [0.15, 0.2) is 11.6 Å². The minimum atomic E-state index is -0.566. The first-order chi connectivity index (χ1) is 9.78. The van der Waals surface area contributed by atoms with Crippen LogP contribution in [0.4, 0.5) is 0 Å². The molecule has 3 heteroatoms. The number of piperidine rings is 1. The first-order valence-electron chi connectivity index (χ1n) is 8.60. The summed E-state index contributed by atoms with van der Waals surface area (Å²) in [5, 5.41) is 14.0. The van der Waals surface area contributed by atoms with E-state index >= 15 is 0 Å². The van der Waals surface area contributed by atoms with Crippen molar-refractivity contribution in [3.8, 4) is 0 Å². The van der Waals surface area contributed by atoms with Gasteiger partial charge in [-0.05, 0) is 65.5 Å². The van der Waals surface area contributed by atoms with Gasteiger partial charge in [-0.1, -0.05) is 25.5 Å². The highest BCUT2D eigenvalue weighted by Crippen LogP contribution is 2.17. The van der Waals surface area contributed by atoms with E-state index in [1.54, 1.807) is 0 Å². The first kappa shape index (κ1) is 18.7. The van der Waals surface area contributed by atoms with Crippen molar-refractivity contribution in [2.45, 2.75) is 71.9 Å². The van der Waals surface area contributed by atoms with Crippen LogP contribution in [0, 0.1) is 5.92 Å². The number of hydrogen-bond acceptors (Lipinski definition) is 3. The second kappa shape index (κ2) is 8.92. The fourth-order valence-electron chi connectivity index (χ4n) is 2.68. The number of aliphatic hydroxyl groups is 1. The second-order valence-electron chi connectivity index (χ2n) is 7.67. The molecule has 1 atom stereocenters. The van der Waals surface area contributed by atoms with E-state index in [0.29, 0.717) is 12.0 Å². The van der Waals surface area contributed by atoms with Gasteiger partial charge in [0.2, 0.25) is 0 Å². The van der Waals surface area contributed by atoms with Crippen LogP contribution in [-0.2, 0) is 0 Å². The first-order valence-corrected chi connectivity index (χ1v) is 8.60. The van der Waals surface area contributed by atoms with E-state index < -0.39 is 5.60 Å². The lowest BCUT2D eigenvalue weighted by Gasteiger charge is -2.34. The van der Waals surface area contributed by atoms with Crippen molar-refractivity contribution in [2.24, 2.45) is 5.92 Å². The highest BCUT2D eigenvalue weighted by Gasteiger charge is 2.24. The molecule has 1 heterocycles. The molecular formula is C18H36N2O. The maximum absolute atomic E-state index is 10.4. The molecule has 1 saturated heterocycles. The quantitative estimate of drug-likeness (QED) is 0.675. The van der Waals surface area contributed by atoms with Gasteiger partial charge in [-0.15, -0.1) is 0 Å². The van der Waals surface area contributed by atoms with Gasteiger partial charge in [-0.2, -0.15) is 0 Å². The van der Waals surface area contributed by atoms with Gasteiger partial charge in [-0.25, -0.2) is 0 Å². The van der Waals surface area contributed by atoms with Gasteiger partial charge < -0.3 is 10.4 Å². The van der Waals surface area contributed by atoms with Crippen LogP contribution in [0.25, 0.3) is 0 Å². The molecule has 0 spiro atoms. The Kier molecular flexibility index (Phi) is 7.93. The molecule has 0 bridgehead atoms. The molecule has 3 nitrogen and oxygen atoms in total. The predicted octanol–water partition coefficient (Wildman–Crippen LogP) is 3.19. The summed E-state index contributed by atoms with van der Waals surface area (Å²) in [6.07, 6.45) is 6.67. The van der Waals surface area contributed by atoms with E-state index in [1.165, 1.54) is 18.4 Å². The molecule has 1 aliphatic rings. The summed E-state index contributed by atoms with van der Waals surface area (Å²) in [6, 6.07) is 0.568. The van der Waals surface area contributed by atoms with E-state index in [9.17, 15) is 5.11 Å². The topological polar surface area (TPSA) is 35.5 Å². The number of allylic oxidation sites excluding steroid dienone is 1. The molecule has 0 saturated carbocycles. The number of nitrogens with zero attached hydrogens (tertiary/aromatic N) is 1. The Bertz CT molecular complexity index is 311. The Hall–Kier alpha value is -0.380. The average Bonchev–Trinajstić information content (AvgIpc) is 2.42. The van der Waals surface area contributed by atoms with Crippen LogP contribution in [0.2, 0.25) is 0 Å². The third-order valence-electron chi connectivity index (χ3n) is 4.38. The zero-order chi connectivity index (χ0) is 15.9. The fourth-order valence-corrected chi connectivity index (χ4v) is 2.68. The normalized spacial score (nSPS) is 20.5. The molecule has 0 amide bonds. The van der Waals surface area contributed by atoms with E-state index in [-0.39, 0.29) is 0 Å². The van der Waals surface area contributed by atoms with Crippen molar-refractivity contribution >= 4 is 0 Å². The van der Waals surface area contributed by atoms with Crippen LogP contribution in [0.1, 0.15) is 60.3 Å². The van der Waals surface area contributed by atoms with Crippen LogP contribution in [-0.4, -0.2) is 47.8 Å². The van der Waals surface area contributed by atoms with Gasteiger partial charge in [0.05, 0.1) is 5.60 Å². The molecule has 0 aliphatic carbocycles. The molecule has 1 fully saturated rings. The van der Waals surface area contributed by atoms with E-state index in [0.717, 1.165) is 39.0 Å². The smallest absolute Gasteiger partial charge is 0.0743 e. The second-order valence-corrected chi connectivity index (χ2v) is 7.67. The van der Waals surface area contributed by atoms with Crippen molar-refractivity contribution in [3.63, 3.8) is 0 Å². The molecular weight excluding hydrogens is 260 g/mol. The fraction of sp³-hybridized carbons (Fsp3) is 0.889. The van der Waals surface area contributed by atoms with Crippen molar-refractivity contribution in [2.75, 3.05) is 26.2 Å². The summed E-state index contributed by atoms with van der Waals surface area (Å²) in [5.41, 5.74) is 0.833. The SMILES string of the molecule is CC(C)=CCN1CCC(NCC(C)(O)CCC(C)C)CC1. The molecule has 0 aromatic carbocycles. The van der Waals surface area contributed by atoms with E-state index in [1.807, 2.05) is 6.92 Å². The minimum Gasteiger partial charge on any atom is -0.389 e. The summed E-state index contributed by atoms with van der Waals surface area (Å²) in [6.45, 7) is 14.8. The van der Waals surface area contributed by atoms with E-state index in [2.05, 4.69) is 44.0 Å². The number of rotatable bonds is 8. The van der Waals surface area contributed by atoms with Gasteiger partial charge >= 0.3 is 0 Å². The van der Waals surface area contributed by atoms with Gasteiger partial charge in [0.25, 0.3) is 0 Å². The minimum absolute atomic E-state index is 0.566. The lowest BCUT2D eigenvalue weighted by atomic mass is 9.94. The van der Waals surface area contributed by atoms with Crippen LogP contribution < -0.4 is 5.32 Å². The lowest BCUT2D eigenvalue weighted by Crippen LogP contribution is -2.47. The standard InChI is InChI=1S/C18H36N2O/c1-15(2)6-10-18(5,21)14-19-17-8-12-20(13-9-17)11-7-16(3)4/h7,15,17,19,21H,6,8-14H2,1-5H3. The summed E-state index contributed by atoms with van der Waals surface area (Å²) in [7, 11) is 0. The van der Waals surface area contributed by atoms with Crippen molar-refractivity contribution in [3.05, 3.63) is 11.6 Å². The molecule has 0 aromatic rings. The number of likely N-dealkylation sites (tertiary alicyclic amines) is 1. The maximum atomic E-state index is 10.4. The van der Waals surface area contributed by atoms with Crippen LogP contribution in [0.3, 0.4) is 0 Å². The molecule has 0 radical (unpaired) electrons. The van der Waals surface area contributed by atoms with Crippen molar-refractivity contribution in [1.29, 1.82) is 0 Å². The Morgan fingerprint density at radius 3 is 2.48 bits per heavy atom. The molecule has 1 rings (SSSR count). The van der Waals surface area contributed by atoms with Crippen molar-refractivity contribution < 1.29 is 5.11 Å².